The Morgan fingerprint density at radius 3 is 2.65 bits per heavy atom. The predicted molar refractivity (Wildman–Crippen MR) is 109 cm³/mol. The first kappa shape index (κ1) is 19.1. The van der Waals surface area contributed by atoms with Gasteiger partial charge in [-0.25, -0.2) is 4.98 Å². The zero-order valence-corrected chi connectivity index (χ0v) is 16.8. The molecule has 3 aromatic rings. The average Bonchev–Trinajstić information content (AvgIpc) is 3.06. The highest BCUT2D eigenvalue weighted by atomic mass is 35.5. The van der Waals surface area contributed by atoms with Crippen LogP contribution >= 0.6 is 46.6 Å². The van der Waals surface area contributed by atoms with Gasteiger partial charge in [-0.3, -0.25) is 9.36 Å². The first-order valence-corrected chi connectivity index (χ1v) is 9.74. The van der Waals surface area contributed by atoms with E-state index < -0.39 is 0 Å². The van der Waals surface area contributed by atoms with Crippen LogP contribution in [0.4, 0.5) is 0 Å². The number of carbonyl (C=O) groups excluding carboxylic acids is 1. The lowest BCUT2D eigenvalue weighted by Gasteiger charge is -2.13. The van der Waals surface area contributed by atoms with Gasteiger partial charge in [-0.1, -0.05) is 58.7 Å². The van der Waals surface area contributed by atoms with Crippen molar-refractivity contribution in [1.29, 1.82) is 0 Å². The van der Waals surface area contributed by atoms with Gasteiger partial charge in [0.2, 0.25) is 5.91 Å². The predicted octanol–water partition coefficient (Wildman–Crippen LogP) is 5.34. The monoisotopic (exact) mass is 425 g/mol. The molecule has 134 valence electrons. The zero-order valence-electron chi connectivity index (χ0n) is 13.7. The van der Waals surface area contributed by atoms with Crippen LogP contribution in [0.25, 0.3) is 16.9 Å². The molecule has 0 aliphatic heterocycles. The molecule has 0 aliphatic carbocycles. The van der Waals surface area contributed by atoms with Gasteiger partial charge < -0.3 is 5.32 Å². The van der Waals surface area contributed by atoms with Gasteiger partial charge in [0.05, 0.1) is 27.7 Å². The fourth-order valence-corrected chi connectivity index (χ4v) is 3.71. The van der Waals surface area contributed by atoms with Gasteiger partial charge in [0, 0.05) is 23.3 Å². The van der Waals surface area contributed by atoms with Crippen molar-refractivity contribution < 1.29 is 4.79 Å². The van der Waals surface area contributed by atoms with Crippen LogP contribution in [-0.2, 0) is 4.79 Å². The molecular formula is C18H14Cl3N3OS. The van der Waals surface area contributed by atoms with Crippen molar-refractivity contribution in [3.63, 3.8) is 0 Å². The number of nitrogens with zero attached hydrogens (tertiary/aromatic N) is 2. The summed E-state index contributed by atoms with van der Waals surface area (Å²) in [5.74, 6) is 0.182. The van der Waals surface area contributed by atoms with E-state index in [2.05, 4.69) is 10.3 Å². The Labute approximate surface area is 170 Å². The fraction of sp³-hybridized carbons (Fsp3) is 0.111. The first-order chi connectivity index (χ1) is 12.5. The maximum Gasteiger partial charge on any atom is 0.230 e. The van der Waals surface area contributed by atoms with Gasteiger partial charge in [0.15, 0.2) is 5.16 Å². The number of nitrogens with one attached hydrogen (secondary N) is 1. The van der Waals surface area contributed by atoms with Crippen molar-refractivity contribution in [3.8, 4) is 16.9 Å². The third-order valence-electron chi connectivity index (χ3n) is 3.62. The molecule has 0 saturated heterocycles. The third-order valence-corrected chi connectivity index (χ3v) is 5.55. The van der Waals surface area contributed by atoms with E-state index in [1.54, 1.807) is 31.4 Å². The third kappa shape index (κ3) is 4.18. The number of amides is 1. The molecule has 0 aliphatic rings. The molecule has 1 aromatic heterocycles. The summed E-state index contributed by atoms with van der Waals surface area (Å²) in [5.41, 5.74) is 2.53. The van der Waals surface area contributed by atoms with E-state index in [0.717, 1.165) is 16.9 Å². The Bertz CT molecular complexity index is 959. The van der Waals surface area contributed by atoms with Gasteiger partial charge >= 0.3 is 0 Å². The van der Waals surface area contributed by atoms with E-state index in [1.165, 1.54) is 11.8 Å². The quantitative estimate of drug-likeness (QED) is 0.560. The van der Waals surface area contributed by atoms with E-state index >= 15 is 0 Å². The summed E-state index contributed by atoms with van der Waals surface area (Å²) >= 11 is 19.7. The lowest BCUT2D eigenvalue weighted by molar-refractivity contribution is -0.118. The van der Waals surface area contributed by atoms with Crippen LogP contribution in [0.1, 0.15) is 0 Å². The number of aromatic nitrogens is 2. The van der Waals surface area contributed by atoms with Gasteiger partial charge in [-0.05, 0) is 30.3 Å². The number of benzene rings is 2. The van der Waals surface area contributed by atoms with E-state index in [1.807, 2.05) is 28.8 Å². The molecule has 0 bridgehead atoms. The van der Waals surface area contributed by atoms with Crippen molar-refractivity contribution in [2.24, 2.45) is 0 Å². The number of carbonyl (C=O) groups is 1. The normalized spacial score (nSPS) is 10.8. The maximum atomic E-state index is 11.6. The molecule has 8 heteroatoms. The first-order valence-electron chi connectivity index (χ1n) is 7.62. The summed E-state index contributed by atoms with van der Waals surface area (Å²) < 4.78 is 1.94. The highest BCUT2D eigenvalue weighted by Gasteiger charge is 2.16. The Hall–Kier alpha value is -1.66. The maximum absolute atomic E-state index is 11.6. The fourth-order valence-electron chi connectivity index (χ4n) is 2.36. The van der Waals surface area contributed by atoms with Gasteiger partial charge in [-0.2, -0.15) is 0 Å². The lowest BCUT2D eigenvalue weighted by atomic mass is 10.1. The highest BCUT2D eigenvalue weighted by molar-refractivity contribution is 7.99. The summed E-state index contributed by atoms with van der Waals surface area (Å²) in [5, 5.41) is 4.84. The molecule has 4 nitrogen and oxygen atoms in total. The van der Waals surface area contributed by atoms with Crippen molar-refractivity contribution in [1.82, 2.24) is 14.9 Å². The van der Waals surface area contributed by atoms with Gasteiger partial charge in [-0.15, -0.1) is 0 Å². The topological polar surface area (TPSA) is 46.9 Å². The van der Waals surface area contributed by atoms with E-state index in [9.17, 15) is 4.79 Å². The zero-order chi connectivity index (χ0) is 18.7. The Morgan fingerprint density at radius 2 is 1.96 bits per heavy atom. The number of hydrogen-bond donors (Lipinski definition) is 1. The highest BCUT2D eigenvalue weighted by Crippen LogP contribution is 2.33. The van der Waals surface area contributed by atoms with Crippen LogP contribution in [0.2, 0.25) is 15.1 Å². The van der Waals surface area contributed by atoms with Crippen LogP contribution in [0.15, 0.2) is 53.8 Å². The number of thioether (sulfide) groups is 1. The molecule has 2 aromatic carbocycles. The smallest absolute Gasteiger partial charge is 0.230 e. The summed E-state index contributed by atoms with van der Waals surface area (Å²) in [6.07, 6.45) is 1.74. The molecule has 1 heterocycles. The summed E-state index contributed by atoms with van der Waals surface area (Å²) in [6.45, 7) is 0. The minimum Gasteiger partial charge on any atom is -0.358 e. The molecule has 0 fully saturated rings. The second-order valence-electron chi connectivity index (χ2n) is 5.33. The molecule has 26 heavy (non-hydrogen) atoms. The molecule has 0 spiro atoms. The molecule has 3 rings (SSSR count). The molecule has 0 saturated carbocycles. The van der Waals surface area contributed by atoms with Gasteiger partial charge in [0.1, 0.15) is 0 Å². The molecule has 1 N–H and O–H groups in total. The van der Waals surface area contributed by atoms with Crippen LogP contribution in [0.3, 0.4) is 0 Å². The van der Waals surface area contributed by atoms with Crippen LogP contribution in [-0.4, -0.2) is 28.3 Å². The Balaban J connectivity index is 2.10. The number of imidazole rings is 1. The Morgan fingerprint density at radius 1 is 1.15 bits per heavy atom. The minimum absolute atomic E-state index is 0.0771. The number of halogens is 3. The summed E-state index contributed by atoms with van der Waals surface area (Å²) in [6, 6.07) is 12.8. The van der Waals surface area contributed by atoms with Gasteiger partial charge in [0.25, 0.3) is 0 Å². The second kappa shape index (κ2) is 8.35. The Kier molecular flexibility index (Phi) is 6.14. The molecule has 0 unspecified atom stereocenters. The standard InChI is InChI=1S/C18H14Cl3N3OS/c1-22-17(25)10-26-18-23-9-16(11-5-6-14(20)15(21)7-11)24(18)13-4-2-3-12(19)8-13/h2-9H,10H2,1H3,(H,22,25). The van der Waals surface area contributed by atoms with Crippen LogP contribution in [0, 0.1) is 0 Å². The minimum atomic E-state index is -0.0771. The SMILES string of the molecule is CNC(=O)CSc1ncc(-c2ccc(Cl)c(Cl)c2)n1-c1cccc(Cl)c1. The molecule has 0 radical (unpaired) electrons. The molecule has 0 atom stereocenters. The summed E-state index contributed by atoms with van der Waals surface area (Å²) in [4.78, 5) is 16.1. The van der Waals surface area contributed by atoms with E-state index in [-0.39, 0.29) is 11.7 Å². The lowest BCUT2D eigenvalue weighted by Crippen LogP contribution is -2.20. The van der Waals surface area contributed by atoms with Crippen molar-refractivity contribution in [3.05, 3.63) is 63.7 Å². The van der Waals surface area contributed by atoms with E-state index in [4.69, 9.17) is 34.8 Å². The van der Waals surface area contributed by atoms with Crippen molar-refractivity contribution >= 4 is 52.5 Å². The van der Waals surface area contributed by atoms with E-state index in [0.29, 0.717) is 20.2 Å². The van der Waals surface area contributed by atoms with Crippen LogP contribution < -0.4 is 5.32 Å². The number of hydrogen-bond acceptors (Lipinski definition) is 3. The average molecular weight is 427 g/mol. The van der Waals surface area contributed by atoms with Crippen molar-refractivity contribution in [2.45, 2.75) is 5.16 Å². The summed E-state index contributed by atoms with van der Waals surface area (Å²) in [7, 11) is 1.60. The molecule has 1 amide bonds. The van der Waals surface area contributed by atoms with Crippen LogP contribution in [0.5, 0.6) is 0 Å². The molecular weight excluding hydrogens is 413 g/mol. The van der Waals surface area contributed by atoms with Crippen molar-refractivity contribution in [2.75, 3.05) is 12.8 Å². The number of rotatable bonds is 5. The second-order valence-corrected chi connectivity index (χ2v) is 7.53. The largest absolute Gasteiger partial charge is 0.358 e.